The summed E-state index contributed by atoms with van der Waals surface area (Å²) in [7, 11) is 0. The van der Waals surface area contributed by atoms with Crippen molar-refractivity contribution in [2.24, 2.45) is 0 Å². The Kier molecular flexibility index (Phi) is 5.08. The van der Waals surface area contributed by atoms with Crippen LogP contribution in [-0.2, 0) is 0 Å². The van der Waals surface area contributed by atoms with Crippen molar-refractivity contribution in [3.05, 3.63) is 145 Å². The molecule has 44 heavy (non-hydrogen) atoms. The van der Waals surface area contributed by atoms with Gasteiger partial charge in [0.2, 0.25) is 0 Å². The first-order valence-electron chi connectivity index (χ1n) is 14.7. The fraction of sp³-hybridized carbons (Fsp3) is 0. The number of benzene rings is 7. The molecular weight excluding hydrogens is 536 g/mol. The Hall–Kier alpha value is -6.18. The molecule has 0 fully saturated rings. The number of aromatic nitrogens is 2. The molecule has 9 aromatic rings. The van der Waals surface area contributed by atoms with Crippen LogP contribution in [0.2, 0.25) is 0 Å². The van der Waals surface area contributed by atoms with Gasteiger partial charge in [-0.15, -0.1) is 0 Å². The van der Waals surface area contributed by atoms with Crippen molar-refractivity contribution >= 4 is 71.4 Å². The molecule has 2 aromatic heterocycles. The van der Waals surface area contributed by atoms with E-state index < -0.39 is 0 Å². The summed E-state index contributed by atoms with van der Waals surface area (Å²) in [4.78, 5) is 0. The Morgan fingerprint density at radius 1 is 0.477 bits per heavy atom. The van der Waals surface area contributed by atoms with Crippen molar-refractivity contribution in [2.45, 2.75) is 0 Å². The van der Waals surface area contributed by atoms with E-state index in [2.05, 4.69) is 124 Å². The van der Waals surface area contributed by atoms with Crippen molar-refractivity contribution in [3.8, 4) is 17.4 Å². The number of hydrogen-bond donors (Lipinski definition) is 1. The van der Waals surface area contributed by atoms with Crippen LogP contribution in [0.25, 0.3) is 76.5 Å². The summed E-state index contributed by atoms with van der Waals surface area (Å²) in [6.07, 6.45) is 1.38. The minimum absolute atomic E-state index is 0.558. The zero-order chi connectivity index (χ0) is 29.4. The number of rotatable bonds is 3. The lowest BCUT2D eigenvalue weighted by atomic mass is 10.0. The molecule has 0 aliphatic carbocycles. The molecule has 0 saturated heterocycles. The Bertz CT molecular complexity index is 2520. The van der Waals surface area contributed by atoms with E-state index >= 15 is 0 Å². The first kappa shape index (κ1) is 24.4. The molecule has 0 aliphatic heterocycles. The summed E-state index contributed by atoms with van der Waals surface area (Å²) < 4.78 is 4.41. The Labute approximate surface area is 252 Å². The predicted molar refractivity (Wildman–Crippen MR) is 183 cm³/mol. The topological polar surface area (TPSA) is 57.5 Å². The number of nitrogens with one attached hydrogen (secondary N) is 1. The molecule has 4 nitrogen and oxygen atoms in total. The number of nitrogens with zero attached hydrogens (tertiary/aromatic N) is 3. The SMILES string of the molecule is N#Cc1c(-n2c3ccccc3c3cc4ccccc4cc32)cc(C=N)cc1-n1c2ccccc2c2cc3ccccc3cc21. The lowest BCUT2D eigenvalue weighted by Crippen LogP contribution is -2.06. The molecule has 0 atom stereocenters. The monoisotopic (exact) mass is 560 g/mol. The molecular formula is C40H24N4. The van der Waals surface area contributed by atoms with Gasteiger partial charge >= 0.3 is 0 Å². The summed E-state index contributed by atoms with van der Waals surface area (Å²) in [5.74, 6) is 0. The van der Waals surface area contributed by atoms with Crippen molar-refractivity contribution < 1.29 is 0 Å². The van der Waals surface area contributed by atoms with Gasteiger partial charge < -0.3 is 14.5 Å². The average Bonchev–Trinajstić information content (AvgIpc) is 3.57. The van der Waals surface area contributed by atoms with Crippen LogP contribution in [0.3, 0.4) is 0 Å². The maximum atomic E-state index is 11.0. The molecule has 0 saturated carbocycles. The Morgan fingerprint density at radius 3 is 1.32 bits per heavy atom. The molecule has 0 radical (unpaired) electrons. The molecule has 0 unspecified atom stereocenters. The lowest BCUT2D eigenvalue weighted by Gasteiger charge is -2.17. The van der Waals surface area contributed by atoms with Gasteiger partial charge in [-0.3, -0.25) is 0 Å². The molecule has 4 heteroatoms. The van der Waals surface area contributed by atoms with Gasteiger partial charge in [0.25, 0.3) is 0 Å². The van der Waals surface area contributed by atoms with Crippen LogP contribution in [0.5, 0.6) is 0 Å². The van der Waals surface area contributed by atoms with E-state index in [0.29, 0.717) is 5.56 Å². The molecule has 9 rings (SSSR count). The molecule has 7 aromatic carbocycles. The molecule has 204 valence electrons. The van der Waals surface area contributed by atoms with Crippen LogP contribution in [0.15, 0.2) is 133 Å². The van der Waals surface area contributed by atoms with Gasteiger partial charge in [0.1, 0.15) is 11.6 Å². The third kappa shape index (κ3) is 3.35. The average molecular weight is 561 g/mol. The van der Waals surface area contributed by atoms with E-state index in [1.807, 2.05) is 24.3 Å². The molecule has 2 heterocycles. The van der Waals surface area contributed by atoms with Crippen LogP contribution in [0.1, 0.15) is 11.1 Å². The summed E-state index contributed by atoms with van der Waals surface area (Å²) >= 11 is 0. The third-order valence-corrected chi connectivity index (χ3v) is 8.96. The first-order valence-corrected chi connectivity index (χ1v) is 14.7. The quantitative estimate of drug-likeness (QED) is 0.215. The summed E-state index contributed by atoms with van der Waals surface area (Å²) in [6, 6.07) is 49.0. The third-order valence-electron chi connectivity index (χ3n) is 8.96. The summed E-state index contributed by atoms with van der Waals surface area (Å²) in [5, 5.41) is 28.5. The lowest BCUT2D eigenvalue weighted by molar-refractivity contribution is 1.12. The highest BCUT2D eigenvalue weighted by atomic mass is 15.0. The fourth-order valence-corrected chi connectivity index (χ4v) is 7.01. The smallest absolute Gasteiger partial charge is 0.104 e. The van der Waals surface area contributed by atoms with Crippen LogP contribution < -0.4 is 0 Å². The highest BCUT2D eigenvalue weighted by Crippen LogP contribution is 2.40. The highest BCUT2D eigenvalue weighted by molar-refractivity contribution is 6.15. The van der Waals surface area contributed by atoms with Crippen LogP contribution in [0.4, 0.5) is 0 Å². The fourth-order valence-electron chi connectivity index (χ4n) is 7.01. The second kappa shape index (κ2) is 9.16. The normalized spacial score (nSPS) is 11.7. The van der Waals surface area contributed by atoms with Crippen LogP contribution >= 0.6 is 0 Å². The summed E-state index contributed by atoms with van der Waals surface area (Å²) in [5.41, 5.74) is 6.92. The van der Waals surface area contributed by atoms with Crippen molar-refractivity contribution in [3.63, 3.8) is 0 Å². The summed E-state index contributed by atoms with van der Waals surface area (Å²) in [6.45, 7) is 0. The van der Waals surface area contributed by atoms with Gasteiger partial charge in [0.05, 0.1) is 33.4 Å². The zero-order valence-electron chi connectivity index (χ0n) is 23.6. The minimum Gasteiger partial charge on any atom is -0.308 e. The van der Waals surface area contributed by atoms with E-state index in [-0.39, 0.29) is 0 Å². The molecule has 1 N–H and O–H groups in total. The standard InChI is InChI=1S/C40H24N4/c41-23-25-17-37(43-35-15-7-5-13-30(35)32-19-26-9-1-3-11-28(26)21-39(32)43)34(24-42)38(18-25)44-36-16-8-6-14-31(36)33-20-27-10-2-4-12-29(27)22-40(33)44/h1-23,41H. The minimum atomic E-state index is 0.558. The van der Waals surface area contributed by atoms with E-state index in [1.54, 1.807) is 0 Å². The second-order valence-electron chi connectivity index (χ2n) is 11.3. The largest absolute Gasteiger partial charge is 0.308 e. The van der Waals surface area contributed by atoms with E-state index in [9.17, 15) is 5.26 Å². The molecule has 0 bridgehead atoms. The second-order valence-corrected chi connectivity index (χ2v) is 11.3. The predicted octanol–water partition coefficient (Wildman–Crippen LogP) is 10.1. The van der Waals surface area contributed by atoms with E-state index in [4.69, 9.17) is 5.41 Å². The van der Waals surface area contributed by atoms with Gasteiger partial charge in [0.15, 0.2) is 0 Å². The number of fused-ring (bicyclic) bond motifs is 8. The van der Waals surface area contributed by atoms with Crippen molar-refractivity contribution in [1.82, 2.24) is 9.13 Å². The number of para-hydroxylation sites is 2. The number of hydrogen-bond acceptors (Lipinski definition) is 2. The Balaban J connectivity index is 1.45. The van der Waals surface area contributed by atoms with Crippen molar-refractivity contribution in [2.75, 3.05) is 0 Å². The van der Waals surface area contributed by atoms with Gasteiger partial charge in [0, 0.05) is 27.8 Å². The Morgan fingerprint density at radius 2 is 0.886 bits per heavy atom. The maximum absolute atomic E-state index is 11.0. The molecule has 0 aliphatic rings. The van der Waals surface area contributed by atoms with Crippen molar-refractivity contribution in [1.29, 1.82) is 10.7 Å². The highest BCUT2D eigenvalue weighted by Gasteiger charge is 2.22. The molecule has 0 amide bonds. The van der Waals surface area contributed by atoms with E-state index in [0.717, 1.165) is 71.3 Å². The van der Waals surface area contributed by atoms with Gasteiger partial charge in [-0.05, 0) is 75.6 Å². The van der Waals surface area contributed by atoms with Gasteiger partial charge in [-0.2, -0.15) is 5.26 Å². The van der Waals surface area contributed by atoms with Crippen LogP contribution in [0, 0.1) is 16.7 Å². The van der Waals surface area contributed by atoms with Gasteiger partial charge in [-0.25, -0.2) is 0 Å². The van der Waals surface area contributed by atoms with Crippen LogP contribution in [-0.4, -0.2) is 15.3 Å². The molecule has 0 spiro atoms. The van der Waals surface area contributed by atoms with Gasteiger partial charge in [-0.1, -0.05) is 84.9 Å². The number of nitriles is 1. The first-order chi connectivity index (χ1) is 21.7. The zero-order valence-corrected chi connectivity index (χ0v) is 23.6. The van der Waals surface area contributed by atoms with E-state index in [1.165, 1.54) is 17.0 Å². The maximum Gasteiger partial charge on any atom is 0.104 e.